The van der Waals surface area contributed by atoms with Crippen molar-refractivity contribution in [3.8, 4) is 11.5 Å². The second kappa shape index (κ2) is 8.25. The topological polar surface area (TPSA) is 76.1 Å². The van der Waals surface area contributed by atoms with Gasteiger partial charge in [0, 0.05) is 11.1 Å². The number of ketones is 1. The third-order valence-corrected chi connectivity index (χ3v) is 6.73. The second-order valence-corrected chi connectivity index (χ2v) is 8.87. The highest BCUT2D eigenvalue weighted by molar-refractivity contribution is 6.11. The Morgan fingerprint density at radius 2 is 1.63 bits per heavy atom. The van der Waals surface area contributed by atoms with Crippen LogP contribution in [0.15, 0.2) is 84.9 Å². The number of para-hydroxylation sites is 1. The van der Waals surface area contributed by atoms with Gasteiger partial charge in [-0.3, -0.25) is 9.59 Å². The van der Waals surface area contributed by atoms with E-state index >= 15 is 0 Å². The summed E-state index contributed by atoms with van der Waals surface area (Å²) in [6.07, 6.45) is -0.367. The van der Waals surface area contributed by atoms with Crippen LogP contribution in [0.3, 0.4) is 0 Å². The van der Waals surface area contributed by atoms with Crippen molar-refractivity contribution in [3.63, 3.8) is 0 Å². The van der Waals surface area contributed by atoms with Crippen molar-refractivity contribution < 1.29 is 24.2 Å². The Balaban J connectivity index is 1.34. The molecule has 0 spiro atoms. The molecule has 2 aliphatic heterocycles. The average molecular weight is 466 g/mol. The largest absolute Gasteiger partial charge is 0.486 e. The van der Waals surface area contributed by atoms with Crippen LogP contribution in [0.1, 0.15) is 27.9 Å². The monoisotopic (exact) mass is 465 g/mol. The highest BCUT2D eigenvalue weighted by Gasteiger charge is 2.50. The van der Waals surface area contributed by atoms with Gasteiger partial charge in [-0.05, 0) is 40.6 Å². The number of benzene rings is 4. The summed E-state index contributed by atoms with van der Waals surface area (Å²) in [6, 6.07) is 26.0. The normalized spacial score (nSPS) is 18.5. The van der Waals surface area contributed by atoms with Gasteiger partial charge in [0.15, 0.2) is 22.9 Å². The number of fused-ring (bicyclic) bond motifs is 3. The van der Waals surface area contributed by atoms with Crippen molar-refractivity contribution in [2.45, 2.75) is 18.6 Å². The zero-order chi connectivity index (χ0) is 24.0. The van der Waals surface area contributed by atoms with Crippen LogP contribution in [-0.2, 0) is 16.9 Å². The Hall–Kier alpha value is -4.16. The quantitative estimate of drug-likeness (QED) is 0.436. The lowest BCUT2D eigenvalue weighted by molar-refractivity contribution is -0.136. The van der Waals surface area contributed by atoms with Gasteiger partial charge < -0.3 is 19.5 Å². The second-order valence-electron chi connectivity index (χ2n) is 8.87. The van der Waals surface area contributed by atoms with E-state index in [0.29, 0.717) is 41.5 Å². The number of nitrogens with zero attached hydrogens (tertiary/aromatic N) is 1. The van der Waals surface area contributed by atoms with Crippen LogP contribution in [0.4, 0.5) is 5.69 Å². The lowest BCUT2D eigenvalue weighted by Gasteiger charge is -2.24. The van der Waals surface area contributed by atoms with Crippen LogP contribution >= 0.6 is 0 Å². The standard InChI is InChI=1S/C29H23NO5/c31-25(20-12-13-26-27(16-20)35-15-14-34-26)17-29(33)23-10-3-4-11-24(23)30(28(29)32)18-21-8-5-7-19-6-1-2-9-22(19)21/h1-13,16,33H,14-15,17-18H2/t29-/m0/s1. The zero-order valence-corrected chi connectivity index (χ0v) is 18.9. The number of carbonyl (C=O) groups is 2. The third kappa shape index (κ3) is 3.54. The molecule has 1 atom stereocenters. The van der Waals surface area contributed by atoms with Crippen molar-refractivity contribution in [1.29, 1.82) is 0 Å². The predicted molar refractivity (Wildman–Crippen MR) is 132 cm³/mol. The maximum absolute atomic E-state index is 13.7. The Labute approximate surface area is 202 Å². The van der Waals surface area contributed by atoms with Crippen LogP contribution in [0.5, 0.6) is 11.5 Å². The minimum absolute atomic E-state index is 0.289. The smallest absolute Gasteiger partial charge is 0.264 e. The molecule has 35 heavy (non-hydrogen) atoms. The van der Waals surface area contributed by atoms with E-state index in [9.17, 15) is 14.7 Å². The van der Waals surface area contributed by atoms with Gasteiger partial charge in [0.05, 0.1) is 18.7 Å². The fourth-order valence-corrected chi connectivity index (χ4v) is 4.99. The van der Waals surface area contributed by atoms with Crippen LogP contribution in [-0.4, -0.2) is 30.0 Å². The molecule has 4 aromatic carbocycles. The molecule has 0 saturated heterocycles. The Bertz CT molecular complexity index is 1470. The predicted octanol–water partition coefficient (Wildman–Crippen LogP) is 4.62. The molecule has 6 heteroatoms. The van der Waals surface area contributed by atoms with Crippen molar-refractivity contribution in [2.24, 2.45) is 0 Å². The average Bonchev–Trinajstić information content (AvgIpc) is 3.10. The van der Waals surface area contributed by atoms with E-state index in [1.807, 2.05) is 54.6 Å². The molecule has 0 saturated carbocycles. The van der Waals surface area contributed by atoms with Gasteiger partial charge in [-0.1, -0.05) is 60.7 Å². The van der Waals surface area contributed by atoms with Crippen LogP contribution in [0.2, 0.25) is 0 Å². The van der Waals surface area contributed by atoms with E-state index in [4.69, 9.17) is 9.47 Å². The number of aliphatic hydroxyl groups is 1. The van der Waals surface area contributed by atoms with Gasteiger partial charge in [-0.15, -0.1) is 0 Å². The molecule has 0 bridgehead atoms. The molecule has 4 aromatic rings. The summed E-state index contributed by atoms with van der Waals surface area (Å²) in [7, 11) is 0. The van der Waals surface area contributed by atoms with Gasteiger partial charge in [0.2, 0.25) is 0 Å². The fourth-order valence-electron chi connectivity index (χ4n) is 4.99. The van der Waals surface area contributed by atoms with Crippen LogP contribution in [0.25, 0.3) is 10.8 Å². The molecule has 2 aliphatic rings. The molecule has 1 amide bonds. The molecule has 6 nitrogen and oxygen atoms in total. The van der Waals surface area contributed by atoms with E-state index in [1.54, 1.807) is 35.2 Å². The summed E-state index contributed by atoms with van der Waals surface area (Å²) in [5.74, 6) is 0.219. The first-order valence-electron chi connectivity index (χ1n) is 11.6. The Morgan fingerprint density at radius 3 is 2.51 bits per heavy atom. The summed E-state index contributed by atoms with van der Waals surface area (Å²) in [4.78, 5) is 28.5. The maximum Gasteiger partial charge on any atom is 0.264 e. The van der Waals surface area contributed by atoms with Crippen molar-refractivity contribution >= 4 is 28.2 Å². The number of ether oxygens (including phenoxy) is 2. The highest BCUT2D eigenvalue weighted by Crippen LogP contribution is 2.44. The van der Waals surface area contributed by atoms with E-state index < -0.39 is 11.5 Å². The first-order valence-corrected chi connectivity index (χ1v) is 11.6. The maximum atomic E-state index is 13.7. The van der Waals surface area contributed by atoms with Gasteiger partial charge in [-0.2, -0.15) is 0 Å². The number of hydrogen-bond donors (Lipinski definition) is 1. The van der Waals surface area contributed by atoms with Gasteiger partial charge >= 0.3 is 0 Å². The molecule has 0 fully saturated rings. The summed E-state index contributed by atoms with van der Waals surface area (Å²) in [6.45, 7) is 1.15. The number of amides is 1. The zero-order valence-electron chi connectivity index (χ0n) is 18.9. The molecule has 174 valence electrons. The third-order valence-electron chi connectivity index (χ3n) is 6.73. The van der Waals surface area contributed by atoms with E-state index in [1.165, 1.54) is 0 Å². The van der Waals surface area contributed by atoms with Crippen molar-refractivity contribution in [2.75, 3.05) is 18.1 Å². The molecule has 1 N–H and O–H groups in total. The number of hydrogen-bond acceptors (Lipinski definition) is 5. The van der Waals surface area contributed by atoms with E-state index in [-0.39, 0.29) is 18.7 Å². The first-order chi connectivity index (χ1) is 17.0. The lowest BCUT2D eigenvalue weighted by atomic mass is 9.88. The Morgan fingerprint density at radius 1 is 0.886 bits per heavy atom. The van der Waals surface area contributed by atoms with Crippen molar-refractivity contribution in [1.82, 2.24) is 0 Å². The number of Topliss-reactive ketones (excluding diaryl/α,β-unsaturated/α-hetero) is 1. The summed E-state index contributed by atoms with van der Waals surface area (Å²) < 4.78 is 11.1. The summed E-state index contributed by atoms with van der Waals surface area (Å²) in [5.41, 5.74) is 0.430. The molecule has 0 aliphatic carbocycles. The Kier molecular flexibility index (Phi) is 5.04. The number of rotatable bonds is 5. The highest BCUT2D eigenvalue weighted by atomic mass is 16.6. The van der Waals surface area contributed by atoms with Crippen LogP contribution in [0, 0.1) is 0 Å². The minimum atomic E-state index is -1.95. The van der Waals surface area contributed by atoms with E-state index in [2.05, 4.69) is 0 Å². The number of carbonyl (C=O) groups excluding carboxylic acids is 2. The SMILES string of the molecule is O=C(C[C@@]1(O)C(=O)N(Cc2cccc3ccccc23)c2ccccc21)c1ccc2c(c1)OCCO2. The van der Waals surface area contributed by atoms with Crippen LogP contribution < -0.4 is 14.4 Å². The molecular formula is C29H23NO5. The van der Waals surface area contributed by atoms with Crippen molar-refractivity contribution in [3.05, 3.63) is 102 Å². The molecule has 0 unspecified atom stereocenters. The van der Waals surface area contributed by atoms with Gasteiger partial charge in [-0.25, -0.2) is 0 Å². The molecular weight excluding hydrogens is 442 g/mol. The lowest BCUT2D eigenvalue weighted by Crippen LogP contribution is -2.41. The molecule has 6 rings (SSSR count). The summed E-state index contributed by atoms with van der Waals surface area (Å²) in [5, 5.41) is 13.8. The van der Waals surface area contributed by atoms with E-state index in [0.717, 1.165) is 16.3 Å². The number of anilines is 1. The van der Waals surface area contributed by atoms with Gasteiger partial charge in [0.25, 0.3) is 5.91 Å². The fraction of sp³-hybridized carbons (Fsp3) is 0.172. The van der Waals surface area contributed by atoms with Gasteiger partial charge in [0.1, 0.15) is 13.2 Å². The molecule has 0 aromatic heterocycles. The summed E-state index contributed by atoms with van der Waals surface area (Å²) >= 11 is 0. The molecule has 2 heterocycles. The minimum Gasteiger partial charge on any atom is -0.486 e. The first kappa shape index (κ1) is 21.4. The molecule has 0 radical (unpaired) electrons.